The summed E-state index contributed by atoms with van der Waals surface area (Å²) in [5, 5.41) is 2.19. The van der Waals surface area contributed by atoms with Gasteiger partial charge in [-0.1, -0.05) is 6.92 Å². The summed E-state index contributed by atoms with van der Waals surface area (Å²) in [6.07, 6.45) is 1.10. The van der Waals surface area contributed by atoms with E-state index in [2.05, 4.69) is 5.32 Å². The van der Waals surface area contributed by atoms with E-state index in [1.165, 1.54) is 4.90 Å². The Balaban J connectivity index is 2.44. The topological polar surface area (TPSA) is 75.7 Å². The smallest absolute Gasteiger partial charge is 0.249 e. The van der Waals surface area contributed by atoms with Crippen molar-refractivity contribution in [1.82, 2.24) is 10.2 Å². The van der Waals surface area contributed by atoms with E-state index in [0.717, 1.165) is 6.42 Å². The van der Waals surface area contributed by atoms with Gasteiger partial charge in [-0.05, 0) is 13.3 Å². The number of hydrogen-bond donors (Lipinski definition) is 1. The van der Waals surface area contributed by atoms with Gasteiger partial charge in [0.25, 0.3) is 0 Å². The number of carbonyl (C=O) groups excluding carboxylic acids is 3. The lowest BCUT2D eigenvalue weighted by atomic mass is 10.2. The van der Waals surface area contributed by atoms with Crippen LogP contribution in [0.3, 0.4) is 0 Å². The van der Waals surface area contributed by atoms with Gasteiger partial charge in [0.05, 0.1) is 13.0 Å². The van der Waals surface area contributed by atoms with Crippen molar-refractivity contribution in [2.24, 2.45) is 0 Å². The number of imide groups is 1. The summed E-state index contributed by atoms with van der Waals surface area (Å²) in [7, 11) is 0. The fourth-order valence-corrected chi connectivity index (χ4v) is 1.57. The molecular formula is C11H18N2O4. The SMILES string of the molecule is CCCOCCC(=O)N1CC(=O)NC(=O)C1C. The highest BCUT2D eigenvalue weighted by molar-refractivity contribution is 6.04. The molecule has 1 saturated heterocycles. The molecule has 0 aromatic heterocycles. The molecule has 0 aliphatic carbocycles. The average molecular weight is 242 g/mol. The standard InChI is InChI=1S/C11H18N2O4/c1-3-5-17-6-4-10(15)13-7-9(14)12-11(16)8(13)2/h8H,3-7H2,1-2H3,(H,12,14,16). The Morgan fingerprint density at radius 3 is 2.82 bits per heavy atom. The molecule has 0 spiro atoms. The summed E-state index contributed by atoms with van der Waals surface area (Å²) < 4.78 is 5.20. The van der Waals surface area contributed by atoms with E-state index in [1.54, 1.807) is 6.92 Å². The van der Waals surface area contributed by atoms with Crippen LogP contribution in [0.15, 0.2) is 0 Å². The molecular weight excluding hydrogens is 224 g/mol. The first kappa shape index (κ1) is 13.6. The molecule has 1 N–H and O–H groups in total. The lowest BCUT2D eigenvalue weighted by molar-refractivity contribution is -0.149. The average Bonchev–Trinajstić information content (AvgIpc) is 2.29. The zero-order chi connectivity index (χ0) is 12.8. The van der Waals surface area contributed by atoms with E-state index in [0.29, 0.717) is 13.2 Å². The summed E-state index contributed by atoms with van der Waals surface area (Å²) in [6, 6.07) is -0.591. The van der Waals surface area contributed by atoms with Crippen LogP contribution in [-0.2, 0) is 19.1 Å². The van der Waals surface area contributed by atoms with E-state index in [1.807, 2.05) is 6.92 Å². The Bertz CT molecular complexity index is 317. The Kier molecular flexibility index (Phi) is 5.09. The van der Waals surface area contributed by atoms with Crippen LogP contribution in [0.1, 0.15) is 26.7 Å². The summed E-state index contributed by atoms with van der Waals surface area (Å²) in [6.45, 7) is 4.47. The Morgan fingerprint density at radius 1 is 1.47 bits per heavy atom. The maximum atomic E-state index is 11.8. The van der Waals surface area contributed by atoms with E-state index in [-0.39, 0.29) is 18.9 Å². The highest BCUT2D eigenvalue weighted by Crippen LogP contribution is 2.07. The lowest BCUT2D eigenvalue weighted by Crippen LogP contribution is -2.58. The second-order valence-corrected chi connectivity index (χ2v) is 3.97. The molecule has 6 nitrogen and oxygen atoms in total. The van der Waals surface area contributed by atoms with Crippen molar-refractivity contribution in [3.63, 3.8) is 0 Å². The minimum Gasteiger partial charge on any atom is -0.381 e. The second-order valence-electron chi connectivity index (χ2n) is 3.97. The van der Waals surface area contributed by atoms with Gasteiger partial charge in [0, 0.05) is 6.61 Å². The monoisotopic (exact) mass is 242 g/mol. The number of amides is 3. The van der Waals surface area contributed by atoms with Crippen LogP contribution in [0.5, 0.6) is 0 Å². The lowest BCUT2D eigenvalue weighted by Gasteiger charge is -2.31. The zero-order valence-electron chi connectivity index (χ0n) is 10.2. The van der Waals surface area contributed by atoms with Gasteiger partial charge in [-0.2, -0.15) is 0 Å². The van der Waals surface area contributed by atoms with Crippen molar-refractivity contribution in [2.45, 2.75) is 32.7 Å². The van der Waals surface area contributed by atoms with Crippen LogP contribution in [0, 0.1) is 0 Å². The number of ether oxygens (including phenoxy) is 1. The fourth-order valence-electron chi connectivity index (χ4n) is 1.57. The van der Waals surface area contributed by atoms with Crippen LogP contribution in [0.4, 0.5) is 0 Å². The molecule has 1 aliphatic heterocycles. The van der Waals surface area contributed by atoms with E-state index in [9.17, 15) is 14.4 Å². The first-order valence-electron chi connectivity index (χ1n) is 5.77. The highest BCUT2D eigenvalue weighted by atomic mass is 16.5. The third-order valence-electron chi connectivity index (χ3n) is 2.55. The molecule has 1 rings (SSSR count). The molecule has 96 valence electrons. The maximum absolute atomic E-state index is 11.8. The third-order valence-corrected chi connectivity index (χ3v) is 2.55. The maximum Gasteiger partial charge on any atom is 0.249 e. The van der Waals surface area contributed by atoms with Crippen LogP contribution in [0.25, 0.3) is 0 Å². The van der Waals surface area contributed by atoms with E-state index >= 15 is 0 Å². The van der Waals surface area contributed by atoms with Crippen molar-refractivity contribution in [1.29, 1.82) is 0 Å². The van der Waals surface area contributed by atoms with Crippen LogP contribution >= 0.6 is 0 Å². The second kappa shape index (κ2) is 6.34. The highest BCUT2D eigenvalue weighted by Gasteiger charge is 2.32. The number of nitrogens with one attached hydrogen (secondary N) is 1. The molecule has 1 heterocycles. The normalized spacial score (nSPS) is 20.4. The number of hydrogen-bond acceptors (Lipinski definition) is 4. The molecule has 0 saturated carbocycles. The van der Waals surface area contributed by atoms with Gasteiger partial charge in [-0.25, -0.2) is 0 Å². The van der Waals surface area contributed by atoms with Gasteiger partial charge in [0.15, 0.2) is 0 Å². The molecule has 3 amide bonds. The molecule has 0 bridgehead atoms. The summed E-state index contributed by atoms with van der Waals surface area (Å²) in [4.78, 5) is 35.6. The van der Waals surface area contributed by atoms with Gasteiger partial charge in [0.2, 0.25) is 17.7 Å². The molecule has 0 radical (unpaired) electrons. The largest absolute Gasteiger partial charge is 0.381 e. The summed E-state index contributed by atoms with van der Waals surface area (Å²) in [5.41, 5.74) is 0. The Hall–Kier alpha value is -1.43. The predicted molar refractivity (Wildman–Crippen MR) is 60.1 cm³/mol. The Labute approximate surface area is 100 Å². The molecule has 1 aliphatic rings. The zero-order valence-corrected chi connectivity index (χ0v) is 10.2. The summed E-state index contributed by atoms with van der Waals surface area (Å²) in [5.74, 6) is -1.09. The quantitative estimate of drug-likeness (QED) is 0.529. The van der Waals surface area contributed by atoms with Crippen LogP contribution < -0.4 is 5.32 Å². The minimum absolute atomic E-state index is 0.0560. The van der Waals surface area contributed by atoms with Crippen LogP contribution in [-0.4, -0.2) is 48.4 Å². The van der Waals surface area contributed by atoms with Crippen molar-refractivity contribution < 1.29 is 19.1 Å². The van der Waals surface area contributed by atoms with Gasteiger partial charge in [-0.15, -0.1) is 0 Å². The van der Waals surface area contributed by atoms with E-state index in [4.69, 9.17) is 4.74 Å². The minimum atomic E-state index is -0.591. The van der Waals surface area contributed by atoms with Crippen molar-refractivity contribution in [2.75, 3.05) is 19.8 Å². The number of nitrogens with zero attached hydrogens (tertiary/aromatic N) is 1. The van der Waals surface area contributed by atoms with Crippen LogP contribution in [0.2, 0.25) is 0 Å². The van der Waals surface area contributed by atoms with Gasteiger partial charge < -0.3 is 9.64 Å². The molecule has 0 aromatic carbocycles. The van der Waals surface area contributed by atoms with Crippen molar-refractivity contribution in [3.05, 3.63) is 0 Å². The number of carbonyl (C=O) groups is 3. The Morgan fingerprint density at radius 2 is 2.18 bits per heavy atom. The molecule has 6 heteroatoms. The van der Waals surface area contributed by atoms with Gasteiger partial charge in [-0.3, -0.25) is 19.7 Å². The number of piperazine rings is 1. The molecule has 1 atom stereocenters. The first-order chi connectivity index (χ1) is 8.06. The predicted octanol–water partition coefficient (Wildman–Crippen LogP) is -0.323. The fraction of sp³-hybridized carbons (Fsp3) is 0.727. The van der Waals surface area contributed by atoms with Crippen molar-refractivity contribution in [3.8, 4) is 0 Å². The van der Waals surface area contributed by atoms with Gasteiger partial charge in [0.1, 0.15) is 12.6 Å². The molecule has 17 heavy (non-hydrogen) atoms. The van der Waals surface area contributed by atoms with E-state index < -0.39 is 17.9 Å². The summed E-state index contributed by atoms with van der Waals surface area (Å²) >= 11 is 0. The molecule has 0 aromatic rings. The molecule has 1 unspecified atom stereocenters. The number of rotatable bonds is 5. The van der Waals surface area contributed by atoms with Gasteiger partial charge >= 0.3 is 0 Å². The third kappa shape index (κ3) is 3.81. The van der Waals surface area contributed by atoms with Crippen molar-refractivity contribution >= 4 is 17.7 Å². The first-order valence-corrected chi connectivity index (χ1v) is 5.77. The molecule has 1 fully saturated rings.